The number of piperazine rings is 1. The van der Waals surface area contributed by atoms with Crippen LogP contribution in [0.15, 0.2) is 24.3 Å². The molecule has 1 aliphatic carbocycles. The summed E-state index contributed by atoms with van der Waals surface area (Å²) < 4.78 is 0. The summed E-state index contributed by atoms with van der Waals surface area (Å²) in [5.41, 5.74) is 1.03. The number of benzene rings is 1. The number of aromatic carboxylic acids is 1. The summed E-state index contributed by atoms with van der Waals surface area (Å²) in [7, 11) is 0. The lowest BCUT2D eigenvalue weighted by Crippen LogP contribution is -2.51. The van der Waals surface area contributed by atoms with Crippen LogP contribution >= 0.6 is 0 Å². The minimum Gasteiger partial charge on any atom is -0.478 e. The van der Waals surface area contributed by atoms with E-state index in [0.29, 0.717) is 38.5 Å². The Hall–Kier alpha value is -2.37. The van der Waals surface area contributed by atoms with Gasteiger partial charge in [0.25, 0.3) is 0 Å². The zero-order valence-corrected chi connectivity index (χ0v) is 15.7. The minimum absolute atomic E-state index is 0.0254. The van der Waals surface area contributed by atoms with Crippen molar-refractivity contribution in [3.63, 3.8) is 0 Å². The summed E-state index contributed by atoms with van der Waals surface area (Å²) in [6.45, 7) is 2.36. The van der Waals surface area contributed by atoms with Crippen molar-refractivity contribution in [1.82, 2.24) is 9.80 Å². The molecule has 146 valence electrons. The highest BCUT2D eigenvalue weighted by Gasteiger charge is 2.26. The molecule has 1 aromatic carbocycles. The van der Waals surface area contributed by atoms with Crippen molar-refractivity contribution >= 4 is 17.8 Å². The summed E-state index contributed by atoms with van der Waals surface area (Å²) in [5.74, 6) is -0.169. The molecule has 0 atom stereocenters. The number of hydrogen-bond donors (Lipinski definition) is 1. The first-order chi connectivity index (χ1) is 13.0. The molecule has 1 saturated carbocycles. The molecule has 6 heteroatoms. The lowest BCUT2D eigenvalue weighted by molar-refractivity contribution is -0.139. The Kier molecular flexibility index (Phi) is 6.48. The molecule has 2 aliphatic rings. The van der Waals surface area contributed by atoms with Crippen molar-refractivity contribution < 1.29 is 19.5 Å². The summed E-state index contributed by atoms with van der Waals surface area (Å²) in [6.07, 6.45) is 7.04. The van der Waals surface area contributed by atoms with Crippen LogP contribution in [0.2, 0.25) is 0 Å². The van der Waals surface area contributed by atoms with Gasteiger partial charge < -0.3 is 14.9 Å². The highest BCUT2D eigenvalue weighted by atomic mass is 16.4. The zero-order chi connectivity index (χ0) is 19.2. The first kappa shape index (κ1) is 19.4. The van der Waals surface area contributed by atoms with Crippen LogP contribution in [0.25, 0.3) is 0 Å². The second-order valence-corrected chi connectivity index (χ2v) is 7.65. The van der Waals surface area contributed by atoms with Crippen LogP contribution in [0.1, 0.15) is 54.4 Å². The normalized spacial score (nSPS) is 18.4. The number of hydrogen-bond acceptors (Lipinski definition) is 3. The van der Waals surface area contributed by atoms with Crippen molar-refractivity contribution in [2.24, 2.45) is 5.92 Å². The second kappa shape index (κ2) is 9.02. The Morgan fingerprint density at radius 3 is 1.96 bits per heavy atom. The molecule has 1 aliphatic heterocycles. The van der Waals surface area contributed by atoms with E-state index in [4.69, 9.17) is 5.11 Å². The third-order valence-corrected chi connectivity index (χ3v) is 5.73. The topological polar surface area (TPSA) is 77.9 Å². The number of carboxylic acids is 1. The van der Waals surface area contributed by atoms with Gasteiger partial charge in [-0.25, -0.2) is 4.79 Å². The number of nitrogens with zero attached hydrogens (tertiary/aromatic N) is 2. The molecule has 1 N–H and O–H groups in total. The Labute approximate surface area is 160 Å². The monoisotopic (exact) mass is 372 g/mol. The zero-order valence-electron chi connectivity index (χ0n) is 15.7. The fourth-order valence-corrected chi connectivity index (χ4v) is 4.02. The lowest BCUT2D eigenvalue weighted by Gasteiger charge is -2.36. The lowest BCUT2D eigenvalue weighted by atomic mass is 9.86. The van der Waals surface area contributed by atoms with E-state index in [1.165, 1.54) is 44.2 Å². The predicted molar refractivity (Wildman–Crippen MR) is 101 cm³/mol. The van der Waals surface area contributed by atoms with Crippen LogP contribution in [0.4, 0.5) is 0 Å². The Morgan fingerprint density at radius 2 is 1.41 bits per heavy atom. The van der Waals surface area contributed by atoms with E-state index in [1.54, 1.807) is 17.0 Å². The Balaban J connectivity index is 1.44. The molecule has 6 nitrogen and oxygen atoms in total. The fourth-order valence-electron chi connectivity index (χ4n) is 4.02. The summed E-state index contributed by atoms with van der Waals surface area (Å²) >= 11 is 0. The predicted octanol–water partition coefficient (Wildman–Crippen LogP) is 2.57. The molecule has 0 spiro atoms. The van der Waals surface area contributed by atoms with Crippen molar-refractivity contribution in [3.8, 4) is 0 Å². The van der Waals surface area contributed by atoms with Crippen LogP contribution in [0.5, 0.6) is 0 Å². The van der Waals surface area contributed by atoms with Crippen LogP contribution < -0.4 is 0 Å². The van der Waals surface area contributed by atoms with E-state index in [0.717, 1.165) is 5.56 Å². The van der Waals surface area contributed by atoms with Gasteiger partial charge in [0, 0.05) is 32.6 Å². The number of carbonyl (C=O) groups excluding carboxylic acids is 2. The van der Waals surface area contributed by atoms with E-state index in [1.807, 2.05) is 4.90 Å². The Bertz CT molecular complexity index is 672. The van der Waals surface area contributed by atoms with E-state index in [2.05, 4.69) is 0 Å². The van der Waals surface area contributed by atoms with Gasteiger partial charge in [0.05, 0.1) is 12.0 Å². The standard InChI is InChI=1S/C21H28N2O4/c24-19(14-16-4-2-1-3-5-16)22-10-12-23(13-11-22)20(25)15-17-6-8-18(9-7-17)21(26)27/h6-9,16H,1-5,10-15H2,(H,26,27). The van der Waals surface area contributed by atoms with Gasteiger partial charge in [0.2, 0.25) is 11.8 Å². The average Bonchev–Trinajstić information content (AvgIpc) is 2.69. The number of carboxylic acid groups (broad SMARTS) is 1. The first-order valence-corrected chi connectivity index (χ1v) is 9.90. The fraction of sp³-hybridized carbons (Fsp3) is 0.571. The molecule has 0 unspecified atom stereocenters. The van der Waals surface area contributed by atoms with Gasteiger partial charge in [-0.05, 0) is 36.5 Å². The number of rotatable bonds is 5. The molecule has 2 fully saturated rings. The highest BCUT2D eigenvalue weighted by Crippen LogP contribution is 2.27. The molecule has 0 aromatic heterocycles. The highest BCUT2D eigenvalue weighted by molar-refractivity contribution is 5.87. The van der Waals surface area contributed by atoms with Crippen LogP contribution in [-0.4, -0.2) is 58.9 Å². The van der Waals surface area contributed by atoms with Gasteiger partial charge in [-0.15, -0.1) is 0 Å². The van der Waals surface area contributed by atoms with Gasteiger partial charge in [-0.1, -0.05) is 31.4 Å². The molecule has 1 heterocycles. The van der Waals surface area contributed by atoms with E-state index < -0.39 is 5.97 Å². The molecule has 1 aromatic rings. The van der Waals surface area contributed by atoms with Crippen LogP contribution in [0.3, 0.4) is 0 Å². The molecule has 2 amide bonds. The second-order valence-electron chi connectivity index (χ2n) is 7.65. The summed E-state index contributed by atoms with van der Waals surface area (Å²) in [6, 6.07) is 6.41. The maximum atomic E-state index is 12.5. The van der Waals surface area contributed by atoms with Crippen molar-refractivity contribution in [1.29, 1.82) is 0 Å². The van der Waals surface area contributed by atoms with Crippen molar-refractivity contribution in [2.45, 2.75) is 44.9 Å². The minimum atomic E-state index is -0.970. The molecule has 0 radical (unpaired) electrons. The maximum absolute atomic E-state index is 12.5. The van der Waals surface area contributed by atoms with Gasteiger partial charge in [-0.3, -0.25) is 9.59 Å². The quantitative estimate of drug-likeness (QED) is 0.862. The summed E-state index contributed by atoms with van der Waals surface area (Å²) in [4.78, 5) is 39.6. The largest absolute Gasteiger partial charge is 0.478 e. The molecule has 1 saturated heterocycles. The van der Waals surface area contributed by atoms with Crippen molar-refractivity contribution in [3.05, 3.63) is 35.4 Å². The molecular formula is C21H28N2O4. The van der Waals surface area contributed by atoms with Gasteiger partial charge >= 0.3 is 5.97 Å². The molecular weight excluding hydrogens is 344 g/mol. The molecule has 0 bridgehead atoms. The number of amides is 2. The van der Waals surface area contributed by atoms with Gasteiger partial charge in [0.1, 0.15) is 0 Å². The van der Waals surface area contributed by atoms with Gasteiger partial charge in [0.15, 0.2) is 0 Å². The van der Waals surface area contributed by atoms with Crippen molar-refractivity contribution in [2.75, 3.05) is 26.2 Å². The molecule has 3 rings (SSSR count). The van der Waals surface area contributed by atoms with Crippen LogP contribution in [0, 0.1) is 5.92 Å². The first-order valence-electron chi connectivity index (χ1n) is 9.90. The average molecular weight is 372 g/mol. The van der Waals surface area contributed by atoms with Gasteiger partial charge in [-0.2, -0.15) is 0 Å². The summed E-state index contributed by atoms with van der Waals surface area (Å²) in [5, 5.41) is 8.93. The third kappa shape index (κ3) is 5.31. The van der Waals surface area contributed by atoms with E-state index >= 15 is 0 Å². The SMILES string of the molecule is O=C(O)c1ccc(CC(=O)N2CCN(C(=O)CC3CCCCC3)CC2)cc1. The van der Waals surface area contributed by atoms with Crippen LogP contribution in [-0.2, 0) is 16.0 Å². The van der Waals surface area contributed by atoms with E-state index in [-0.39, 0.29) is 23.8 Å². The molecule has 27 heavy (non-hydrogen) atoms. The van der Waals surface area contributed by atoms with E-state index in [9.17, 15) is 14.4 Å². The third-order valence-electron chi connectivity index (χ3n) is 5.73. The maximum Gasteiger partial charge on any atom is 0.335 e. The Morgan fingerprint density at radius 1 is 0.852 bits per heavy atom. The number of carbonyl (C=O) groups is 3. The smallest absolute Gasteiger partial charge is 0.335 e.